The number of carbonyl (C=O) groups excluding carboxylic acids is 2. The van der Waals surface area contributed by atoms with E-state index in [4.69, 9.17) is 0 Å². The molecule has 180 valence electrons. The van der Waals surface area contributed by atoms with E-state index in [9.17, 15) is 29.2 Å². The number of hydrogen-bond acceptors (Lipinski definition) is 7. The fraction of sp³-hybridized carbons (Fsp3) is 0.115. The number of ketones is 1. The quantitative estimate of drug-likeness (QED) is 0.126. The lowest BCUT2D eigenvalue weighted by atomic mass is 9.95. The molecule has 1 aliphatic rings. The number of anilines is 1. The summed E-state index contributed by atoms with van der Waals surface area (Å²) >= 11 is 1.23. The molecule has 8 nitrogen and oxygen atoms in total. The van der Waals surface area contributed by atoms with Crippen molar-refractivity contribution in [3.63, 3.8) is 0 Å². The maximum Gasteiger partial charge on any atom is 0.301 e. The van der Waals surface area contributed by atoms with Crippen LogP contribution in [-0.2, 0) is 16.0 Å². The maximum absolute atomic E-state index is 13.5. The van der Waals surface area contributed by atoms with Gasteiger partial charge in [0.2, 0.25) is 0 Å². The number of fused-ring (bicyclic) bond motifs is 1. The van der Waals surface area contributed by atoms with Crippen LogP contribution in [0.2, 0.25) is 0 Å². The summed E-state index contributed by atoms with van der Waals surface area (Å²) in [6, 6.07) is 14.9. The van der Waals surface area contributed by atoms with Crippen LogP contribution in [0.4, 0.5) is 15.2 Å². The van der Waals surface area contributed by atoms with Crippen LogP contribution in [0, 0.1) is 15.9 Å². The van der Waals surface area contributed by atoms with Crippen LogP contribution in [0.1, 0.15) is 29.7 Å². The normalized spacial score (nSPS) is 17.2. The van der Waals surface area contributed by atoms with Gasteiger partial charge in [0.1, 0.15) is 11.6 Å². The molecular formula is C26H18FN3O5S. The molecule has 1 atom stereocenters. The lowest BCUT2D eigenvalue weighted by Gasteiger charge is -2.22. The number of nitrogens with zero attached hydrogens (tertiary/aromatic N) is 3. The number of aromatic nitrogens is 1. The van der Waals surface area contributed by atoms with Crippen molar-refractivity contribution in [2.75, 3.05) is 4.90 Å². The van der Waals surface area contributed by atoms with E-state index in [-0.39, 0.29) is 22.0 Å². The van der Waals surface area contributed by atoms with E-state index in [2.05, 4.69) is 4.98 Å². The summed E-state index contributed by atoms with van der Waals surface area (Å²) < 4.78 is 14.3. The number of halogens is 1. The number of aryl methyl sites for hydroxylation is 1. The number of hydrogen-bond donors (Lipinski definition) is 1. The number of non-ortho nitro benzene ring substituents is 1. The number of nitro groups is 1. The van der Waals surface area contributed by atoms with Crippen LogP contribution in [0.25, 0.3) is 16.0 Å². The van der Waals surface area contributed by atoms with Gasteiger partial charge < -0.3 is 5.11 Å². The molecule has 5 rings (SSSR count). The van der Waals surface area contributed by atoms with Crippen molar-refractivity contribution in [3.8, 4) is 0 Å². The third-order valence-corrected chi connectivity index (χ3v) is 7.06. The van der Waals surface area contributed by atoms with Gasteiger partial charge in [-0.15, -0.1) is 0 Å². The summed E-state index contributed by atoms with van der Waals surface area (Å²) in [5.74, 6) is -2.83. The number of benzene rings is 3. The van der Waals surface area contributed by atoms with Crippen LogP contribution in [0.5, 0.6) is 0 Å². The van der Waals surface area contributed by atoms with E-state index >= 15 is 0 Å². The van der Waals surface area contributed by atoms with Gasteiger partial charge in [0, 0.05) is 17.7 Å². The lowest BCUT2D eigenvalue weighted by Crippen LogP contribution is -2.29. The largest absolute Gasteiger partial charge is 0.507 e. The summed E-state index contributed by atoms with van der Waals surface area (Å²) in [5, 5.41) is 22.5. The highest BCUT2D eigenvalue weighted by molar-refractivity contribution is 7.22. The number of Topliss-reactive ketones (excluding diaryl/α,β-unsaturated/α-hetero) is 1. The van der Waals surface area contributed by atoms with Gasteiger partial charge in [0.25, 0.3) is 11.5 Å². The number of amides is 1. The molecule has 1 aliphatic heterocycles. The second-order valence-corrected chi connectivity index (χ2v) is 9.19. The average Bonchev–Trinajstić information content (AvgIpc) is 3.41. The zero-order valence-corrected chi connectivity index (χ0v) is 19.7. The molecular weight excluding hydrogens is 485 g/mol. The number of rotatable bonds is 5. The Morgan fingerprint density at radius 1 is 1.11 bits per heavy atom. The molecule has 1 N–H and O–H groups in total. The highest BCUT2D eigenvalue weighted by atomic mass is 32.1. The highest BCUT2D eigenvalue weighted by Gasteiger charge is 2.48. The number of aliphatic hydroxyl groups is 1. The second kappa shape index (κ2) is 8.97. The molecule has 1 aromatic heterocycles. The van der Waals surface area contributed by atoms with Crippen molar-refractivity contribution in [1.29, 1.82) is 0 Å². The Hall–Kier alpha value is -4.44. The molecule has 1 unspecified atom stereocenters. The Bertz CT molecular complexity index is 1560. The molecule has 4 aromatic rings. The van der Waals surface area contributed by atoms with Crippen LogP contribution < -0.4 is 4.90 Å². The van der Waals surface area contributed by atoms with Crippen molar-refractivity contribution in [2.45, 2.75) is 19.4 Å². The molecule has 0 spiro atoms. The Kier molecular flexibility index (Phi) is 5.81. The first-order valence-corrected chi connectivity index (χ1v) is 11.8. The maximum atomic E-state index is 13.5. The molecule has 36 heavy (non-hydrogen) atoms. The average molecular weight is 504 g/mol. The first-order valence-electron chi connectivity index (χ1n) is 11.0. The fourth-order valence-electron chi connectivity index (χ4n) is 4.17. The number of thiazole rings is 1. The summed E-state index contributed by atoms with van der Waals surface area (Å²) in [5.41, 5.74) is 1.88. The van der Waals surface area contributed by atoms with Crippen molar-refractivity contribution < 1.29 is 24.0 Å². The summed E-state index contributed by atoms with van der Waals surface area (Å²) in [6.45, 7) is 2.02. The van der Waals surface area contributed by atoms with Gasteiger partial charge in [-0.25, -0.2) is 9.37 Å². The standard InChI is InChI=1S/C26H18FN3O5S/c1-2-14-3-12-19-20(13-14)36-26(28-19)29-22(15-6-10-18(11-7-15)30(34)35)21(24(32)25(29)33)23(31)16-4-8-17(27)9-5-16/h3-13,22,31H,2H2,1H3. The second-order valence-electron chi connectivity index (χ2n) is 8.18. The highest BCUT2D eigenvalue weighted by Crippen LogP contribution is 2.44. The van der Waals surface area contributed by atoms with Crippen LogP contribution in [0.15, 0.2) is 72.3 Å². The summed E-state index contributed by atoms with van der Waals surface area (Å²) in [6.07, 6.45) is 0.814. The SMILES string of the molecule is CCc1ccc2nc(N3C(=O)C(=O)C(=C(O)c4ccc(F)cc4)C3c3ccc([N+](=O)[O-])cc3)sc2c1. The summed E-state index contributed by atoms with van der Waals surface area (Å²) in [4.78, 5) is 42.9. The Morgan fingerprint density at radius 2 is 1.81 bits per heavy atom. The topological polar surface area (TPSA) is 114 Å². The third kappa shape index (κ3) is 3.91. The molecule has 10 heteroatoms. The Balaban J connectivity index is 1.71. The van der Waals surface area contributed by atoms with E-state index in [1.807, 2.05) is 25.1 Å². The van der Waals surface area contributed by atoms with Crippen molar-refractivity contribution in [1.82, 2.24) is 4.98 Å². The van der Waals surface area contributed by atoms with Gasteiger partial charge in [-0.3, -0.25) is 24.6 Å². The van der Waals surface area contributed by atoms with Gasteiger partial charge in [0.05, 0.1) is 26.8 Å². The minimum Gasteiger partial charge on any atom is -0.507 e. The van der Waals surface area contributed by atoms with Gasteiger partial charge in [-0.2, -0.15) is 0 Å². The minimum absolute atomic E-state index is 0.151. The van der Waals surface area contributed by atoms with E-state index < -0.39 is 34.2 Å². The van der Waals surface area contributed by atoms with Gasteiger partial charge in [-0.05, 0) is 66.1 Å². The molecule has 1 fully saturated rings. The van der Waals surface area contributed by atoms with Gasteiger partial charge in [-0.1, -0.05) is 24.3 Å². The van der Waals surface area contributed by atoms with Crippen molar-refractivity contribution in [2.24, 2.45) is 0 Å². The monoisotopic (exact) mass is 503 g/mol. The molecule has 0 saturated carbocycles. The molecule has 0 bridgehead atoms. The molecule has 0 radical (unpaired) electrons. The molecule has 1 saturated heterocycles. The summed E-state index contributed by atoms with van der Waals surface area (Å²) in [7, 11) is 0. The van der Waals surface area contributed by atoms with E-state index in [1.165, 1.54) is 52.6 Å². The van der Waals surface area contributed by atoms with E-state index in [0.29, 0.717) is 11.1 Å². The predicted molar refractivity (Wildman–Crippen MR) is 133 cm³/mol. The predicted octanol–water partition coefficient (Wildman–Crippen LogP) is 5.53. The molecule has 1 amide bonds. The Morgan fingerprint density at radius 3 is 2.44 bits per heavy atom. The van der Waals surface area contributed by atoms with Crippen molar-refractivity contribution in [3.05, 3.63) is 105 Å². The van der Waals surface area contributed by atoms with Gasteiger partial charge >= 0.3 is 5.91 Å². The number of nitro benzene ring substituents is 1. The zero-order chi connectivity index (χ0) is 25.6. The zero-order valence-electron chi connectivity index (χ0n) is 18.8. The lowest BCUT2D eigenvalue weighted by molar-refractivity contribution is -0.384. The molecule has 0 aliphatic carbocycles. The van der Waals surface area contributed by atoms with E-state index in [1.54, 1.807) is 0 Å². The van der Waals surface area contributed by atoms with Gasteiger partial charge in [0.15, 0.2) is 5.13 Å². The fourth-order valence-corrected chi connectivity index (χ4v) is 5.22. The first-order chi connectivity index (χ1) is 17.3. The number of aliphatic hydroxyl groups excluding tert-OH is 1. The third-order valence-electron chi connectivity index (χ3n) is 6.04. The van der Waals surface area contributed by atoms with Crippen LogP contribution >= 0.6 is 11.3 Å². The van der Waals surface area contributed by atoms with Crippen LogP contribution in [0.3, 0.4) is 0 Å². The number of carbonyl (C=O) groups is 2. The Labute approximate surface area is 208 Å². The first kappa shape index (κ1) is 23.3. The minimum atomic E-state index is -1.10. The smallest absolute Gasteiger partial charge is 0.301 e. The molecule has 2 heterocycles. The molecule has 3 aromatic carbocycles. The van der Waals surface area contributed by atoms with Crippen molar-refractivity contribution >= 4 is 49.8 Å². The van der Waals surface area contributed by atoms with Crippen LogP contribution in [-0.4, -0.2) is 26.7 Å². The van der Waals surface area contributed by atoms with E-state index in [0.717, 1.165) is 28.8 Å².